The van der Waals surface area contributed by atoms with Crippen LogP contribution in [0.1, 0.15) is 48.2 Å². The molecule has 3 aromatic heterocycles. The minimum absolute atomic E-state index is 0. The number of aryl methyl sites for hydroxylation is 3. The average molecular weight is 705 g/mol. The number of hydrogen-bond donors (Lipinski definition) is 6. The second kappa shape index (κ2) is 16.1. The molecule has 0 aliphatic heterocycles. The second-order valence-electron chi connectivity index (χ2n) is 10.3. The number of carbonyl (C=O) groups excluding carboxylic acids is 4. The molecule has 0 spiro atoms. The van der Waals surface area contributed by atoms with Gasteiger partial charge in [0.1, 0.15) is 17.1 Å². The number of hydrogen-bond acceptors (Lipinski definition) is 6. The Bertz CT molecular complexity index is 1830. The molecule has 0 saturated carbocycles. The van der Waals surface area contributed by atoms with Gasteiger partial charge in [-0.1, -0.05) is 0 Å². The molecule has 0 aliphatic rings. The van der Waals surface area contributed by atoms with E-state index in [1.54, 1.807) is 77.7 Å². The van der Waals surface area contributed by atoms with Crippen molar-refractivity contribution in [3.63, 3.8) is 0 Å². The summed E-state index contributed by atoms with van der Waals surface area (Å²) in [6.07, 6.45) is 5.00. The summed E-state index contributed by atoms with van der Waals surface area (Å²) in [7, 11) is 3.74. The largest absolute Gasteiger partial charge is 0.388 e. The van der Waals surface area contributed by atoms with Crippen LogP contribution in [0.15, 0.2) is 66.0 Å². The van der Waals surface area contributed by atoms with Crippen LogP contribution in [0.25, 0.3) is 0 Å². The summed E-state index contributed by atoms with van der Waals surface area (Å²) in [5.74, 6) is -1.14. The van der Waals surface area contributed by atoms with Crippen LogP contribution in [0.5, 0.6) is 0 Å². The highest BCUT2D eigenvalue weighted by atomic mass is 35.5. The Hall–Kier alpha value is -4.86. The Kier molecular flexibility index (Phi) is 12.5. The van der Waals surface area contributed by atoms with E-state index >= 15 is 0 Å². The summed E-state index contributed by atoms with van der Waals surface area (Å²) in [6, 6.07) is 10.9. The maximum atomic E-state index is 13.1. The SMILES string of the molecule is Cl.Cn1cc(NC(=O)c2cc(NC(=O)c3cc(NC(=O)c4ccc(S(=O)CCCl)cc4)cn3C)cn2C)cc1C(=O)NCCC(=N)N. The van der Waals surface area contributed by atoms with Gasteiger partial charge in [-0.15, -0.1) is 24.0 Å². The van der Waals surface area contributed by atoms with Crippen LogP contribution in [0, 0.1) is 5.41 Å². The molecule has 0 saturated heterocycles. The molecule has 250 valence electrons. The highest BCUT2D eigenvalue weighted by molar-refractivity contribution is 7.85. The lowest BCUT2D eigenvalue weighted by molar-refractivity contribution is 0.0944. The van der Waals surface area contributed by atoms with Crippen LogP contribution in [-0.4, -0.2) is 65.6 Å². The van der Waals surface area contributed by atoms with Crippen molar-refractivity contribution in [1.82, 2.24) is 19.0 Å². The Balaban J connectivity index is 0.00000600. The predicted octanol–water partition coefficient (Wildman–Crippen LogP) is 3.28. The van der Waals surface area contributed by atoms with Crippen molar-refractivity contribution in [2.24, 2.45) is 26.9 Å². The molecule has 7 N–H and O–H groups in total. The number of aromatic nitrogens is 3. The molecule has 17 heteroatoms. The summed E-state index contributed by atoms with van der Waals surface area (Å²) in [5, 5.41) is 18.2. The molecular formula is C30H35Cl2N9O5S. The molecule has 4 rings (SSSR count). The van der Waals surface area contributed by atoms with E-state index in [2.05, 4.69) is 21.3 Å². The van der Waals surface area contributed by atoms with Gasteiger partial charge in [-0.2, -0.15) is 0 Å². The van der Waals surface area contributed by atoms with Gasteiger partial charge in [0, 0.05) is 74.8 Å². The quantitative estimate of drug-likeness (QED) is 0.0701. The highest BCUT2D eigenvalue weighted by Gasteiger charge is 2.19. The van der Waals surface area contributed by atoms with Crippen LogP contribution < -0.4 is 27.0 Å². The zero-order valence-corrected chi connectivity index (χ0v) is 28.1. The van der Waals surface area contributed by atoms with E-state index in [0.717, 1.165) is 0 Å². The molecule has 4 aromatic rings. The molecule has 0 bridgehead atoms. The predicted molar refractivity (Wildman–Crippen MR) is 185 cm³/mol. The number of nitrogens with one attached hydrogen (secondary N) is 5. The van der Waals surface area contributed by atoms with E-state index in [4.69, 9.17) is 22.7 Å². The summed E-state index contributed by atoms with van der Waals surface area (Å²) in [6.45, 7) is 0.215. The normalized spacial score (nSPS) is 11.2. The smallest absolute Gasteiger partial charge is 0.272 e. The van der Waals surface area contributed by atoms with Gasteiger partial charge in [0.25, 0.3) is 23.6 Å². The molecular weight excluding hydrogens is 669 g/mol. The monoisotopic (exact) mass is 703 g/mol. The second-order valence-corrected chi connectivity index (χ2v) is 12.3. The molecule has 0 fully saturated rings. The molecule has 4 amide bonds. The van der Waals surface area contributed by atoms with Crippen molar-refractivity contribution in [1.29, 1.82) is 5.41 Å². The van der Waals surface area contributed by atoms with Crippen molar-refractivity contribution >= 4 is 81.3 Å². The number of halogens is 2. The Morgan fingerprint density at radius 2 is 1.19 bits per heavy atom. The third kappa shape index (κ3) is 9.34. The number of amidine groups is 1. The fourth-order valence-corrected chi connectivity index (χ4v) is 5.75. The van der Waals surface area contributed by atoms with Gasteiger partial charge in [-0.3, -0.25) is 28.8 Å². The van der Waals surface area contributed by atoms with Crippen molar-refractivity contribution in [2.75, 3.05) is 34.1 Å². The van der Waals surface area contributed by atoms with Crippen molar-refractivity contribution in [2.45, 2.75) is 11.3 Å². The van der Waals surface area contributed by atoms with Crippen molar-refractivity contribution in [3.8, 4) is 0 Å². The number of nitrogens with two attached hydrogens (primary N) is 1. The number of amides is 4. The zero-order chi connectivity index (χ0) is 33.5. The van der Waals surface area contributed by atoms with Crippen molar-refractivity contribution < 1.29 is 23.4 Å². The number of benzene rings is 1. The topological polar surface area (TPSA) is 198 Å². The molecule has 3 heterocycles. The van der Waals surface area contributed by atoms with Crippen LogP contribution >= 0.6 is 24.0 Å². The van der Waals surface area contributed by atoms with Crippen LogP contribution in [0.3, 0.4) is 0 Å². The van der Waals surface area contributed by atoms with Gasteiger partial charge in [0.2, 0.25) is 0 Å². The lowest BCUT2D eigenvalue weighted by Crippen LogP contribution is -2.28. The van der Waals surface area contributed by atoms with Gasteiger partial charge in [0.15, 0.2) is 0 Å². The van der Waals surface area contributed by atoms with E-state index in [0.29, 0.717) is 39.0 Å². The van der Waals surface area contributed by atoms with Gasteiger partial charge in [-0.25, -0.2) is 0 Å². The first-order valence-electron chi connectivity index (χ1n) is 13.9. The van der Waals surface area contributed by atoms with Crippen LogP contribution in [0.4, 0.5) is 17.1 Å². The molecule has 1 atom stereocenters. The fraction of sp³-hybridized carbons (Fsp3) is 0.233. The summed E-state index contributed by atoms with van der Waals surface area (Å²) in [5.41, 5.74) is 7.66. The van der Waals surface area contributed by atoms with Crippen LogP contribution in [-0.2, 0) is 31.9 Å². The van der Waals surface area contributed by atoms with E-state index in [1.165, 1.54) is 18.2 Å². The first-order valence-corrected chi connectivity index (χ1v) is 15.8. The third-order valence-electron chi connectivity index (χ3n) is 6.81. The number of anilines is 3. The average Bonchev–Trinajstić information content (AvgIpc) is 3.68. The minimum Gasteiger partial charge on any atom is -0.388 e. The first kappa shape index (κ1) is 36.6. The number of rotatable bonds is 13. The molecule has 14 nitrogen and oxygen atoms in total. The zero-order valence-electron chi connectivity index (χ0n) is 25.8. The first-order chi connectivity index (χ1) is 21.9. The third-order valence-corrected chi connectivity index (χ3v) is 8.59. The summed E-state index contributed by atoms with van der Waals surface area (Å²) >= 11 is 5.66. The van der Waals surface area contributed by atoms with E-state index in [1.807, 2.05) is 0 Å². The highest BCUT2D eigenvalue weighted by Crippen LogP contribution is 2.20. The summed E-state index contributed by atoms with van der Waals surface area (Å²) < 4.78 is 16.8. The molecule has 1 aromatic carbocycles. The van der Waals surface area contributed by atoms with E-state index in [9.17, 15) is 23.4 Å². The van der Waals surface area contributed by atoms with E-state index < -0.39 is 28.5 Å². The standard InChI is InChI=1S/C30H34ClN9O5S.ClH/c1-38-16-20(12-23(38)28(42)34-10-8-26(32)33)36-30(44)25-14-21(17-40(25)3)37-29(43)24-13-19(15-39(24)2)35-27(41)18-4-6-22(7-5-18)46(45)11-9-31;/h4-7,12-17H,8-11H2,1-3H3,(H3,32,33)(H,34,42)(H,35,41)(H,36,44)(H,37,43);1H. The Morgan fingerprint density at radius 1 is 0.766 bits per heavy atom. The lowest BCUT2D eigenvalue weighted by atomic mass is 10.2. The Morgan fingerprint density at radius 3 is 1.62 bits per heavy atom. The fourth-order valence-electron chi connectivity index (χ4n) is 4.52. The van der Waals surface area contributed by atoms with Crippen molar-refractivity contribution in [3.05, 3.63) is 83.7 Å². The summed E-state index contributed by atoms with van der Waals surface area (Å²) in [4.78, 5) is 51.9. The van der Waals surface area contributed by atoms with Crippen LogP contribution in [0.2, 0.25) is 0 Å². The molecule has 0 radical (unpaired) electrons. The molecule has 1 unspecified atom stereocenters. The molecule has 47 heavy (non-hydrogen) atoms. The van der Waals surface area contributed by atoms with Gasteiger partial charge in [-0.05, 0) is 42.5 Å². The maximum Gasteiger partial charge on any atom is 0.272 e. The Labute approximate surface area is 284 Å². The lowest BCUT2D eigenvalue weighted by Gasteiger charge is -2.04. The van der Waals surface area contributed by atoms with Gasteiger partial charge < -0.3 is 40.7 Å². The van der Waals surface area contributed by atoms with Gasteiger partial charge in [0.05, 0.1) is 33.7 Å². The number of carbonyl (C=O) groups is 4. The molecule has 0 aliphatic carbocycles. The number of alkyl halides is 1. The van der Waals surface area contributed by atoms with Gasteiger partial charge >= 0.3 is 0 Å². The minimum atomic E-state index is -1.24. The maximum absolute atomic E-state index is 13.1. The number of nitrogens with zero attached hydrogens (tertiary/aromatic N) is 3. The van der Waals surface area contributed by atoms with E-state index in [-0.39, 0.29) is 54.4 Å².